The van der Waals surface area contributed by atoms with Crippen LogP contribution in [-0.4, -0.2) is 19.1 Å². The standard InChI is InChI=1S/C32H28N6O2/c1-37-29(35-27-9-5-3-7-25(27)31(37)39)19-33-23-15-11-21(12-16-23)22-13-17-24(18-14-22)34-20-30-36-28-10-6-4-8-26(28)32(40)38(30)2/h3-18,33-34H,19-20H2,1-2H3. The van der Waals surface area contributed by atoms with Crippen molar-refractivity contribution in [3.8, 4) is 11.1 Å². The summed E-state index contributed by atoms with van der Waals surface area (Å²) in [7, 11) is 3.50. The molecule has 198 valence electrons. The average Bonchev–Trinajstić information content (AvgIpc) is 3.00. The highest BCUT2D eigenvalue weighted by Gasteiger charge is 2.09. The molecule has 8 nitrogen and oxygen atoms in total. The Labute approximate surface area is 230 Å². The summed E-state index contributed by atoms with van der Waals surface area (Å²) in [5.74, 6) is 1.35. The molecule has 0 amide bonds. The SMILES string of the molecule is Cn1c(CNc2ccc(-c3ccc(NCc4nc5ccccc5c(=O)n4C)cc3)cc2)nc2ccccc2c1=O. The van der Waals surface area contributed by atoms with Crippen LogP contribution in [0.25, 0.3) is 32.9 Å². The number of nitrogens with one attached hydrogen (secondary N) is 2. The lowest BCUT2D eigenvalue weighted by atomic mass is 10.0. The first-order valence-electron chi connectivity index (χ1n) is 13.1. The van der Waals surface area contributed by atoms with Gasteiger partial charge in [0.25, 0.3) is 11.1 Å². The molecular weight excluding hydrogens is 500 g/mol. The van der Waals surface area contributed by atoms with E-state index in [0.717, 1.165) is 22.5 Å². The Hall–Kier alpha value is -5.24. The number of anilines is 2. The highest BCUT2D eigenvalue weighted by molar-refractivity contribution is 5.78. The van der Waals surface area contributed by atoms with Gasteiger partial charge in [0, 0.05) is 25.5 Å². The third kappa shape index (κ3) is 4.82. The van der Waals surface area contributed by atoms with Gasteiger partial charge in [-0.3, -0.25) is 18.7 Å². The lowest BCUT2D eigenvalue weighted by molar-refractivity contribution is 0.756. The average molecular weight is 529 g/mol. The monoisotopic (exact) mass is 528 g/mol. The summed E-state index contributed by atoms with van der Waals surface area (Å²) in [5.41, 5.74) is 5.37. The van der Waals surface area contributed by atoms with E-state index in [-0.39, 0.29) is 11.1 Å². The van der Waals surface area contributed by atoms with Crippen molar-refractivity contribution in [1.82, 2.24) is 19.1 Å². The lowest BCUT2D eigenvalue weighted by Crippen LogP contribution is -2.23. The summed E-state index contributed by atoms with van der Waals surface area (Å²) in [6.07, 6.45) is 0. The second-order valence-corrected chi connectivity index (χ2v) is 9.68. The molecule has 0 aliphatic carbocycles. The van der Waals surface area contributed by atoms with Crippen molar-refractivity contribution in [2.45, 2.75) is 13.1 Å². The zero-order valence-electron chi connectivity index (χ0n) is 22.3. The fraction of sp³-hybridized carbons (Fsp3) is 0.125. The topological polar surface area (TPSA) is 93.8 Å². The Morgan fingerprint density at radius 2 is 0.925 bits per heavy atom. The van der Waals surface area contributed by atoms with Gasteiger partial charge in [-0.15, -0.1) is 0 Å². The van der Waals surface area contributed by atoms with Gasteiger partial charge >= 0.3 is 0 Å². The van der Waals surface area contributed by atoms with Gasteiger partial charge in [0.15, 0.2) is 0 Å². The molecule has 0 saturated heterocycles. The molecule has 0 spiro atoms. The fourth-order valence-corrected chi connectivity index (χ4v) is 4.77. The van der Waals surface area contributed by atoms with Gasteiger partial charge in [0.05, 0.1) is 34.9 Å². The Bertz CT molecular complexity index is 1810. The van der Waals surface area contributed by atoms with Gasteiger partial charge in [-0.05, 0) is 59.7 Å². The van der Waals surface area contributed by atoms with Crippen molar-refractivity contribution in [1.29, 1.82) is 0 Å². The molecule has 4 aromatic carbocycles. The Morgan fingerprint density at radius 3 is 1.32 bits per heavy atom. The molecule has 0 saturated carbocycles. The zero-order chi connectivity index (χ0) is 27.6. The summed E-state index contributed by atoms with van der Waals surface area (Å²) in [6.45, 7) is 0.877. The molecule has 6 aromatic rings. The Morgan fingerprint density at radius 1 is 0.550 bits per heavy atom. The largest absolute Gasteiger partial charge is 0.378 e. The molecule has 40 heavy (non-hydrogen) atoms. The van der Waals surface area contributed by atoms with Gasteiger partial charge < -0.3 is 10.6 Å². The summed E-state index contributed by atoms with van der Waals surface area (Å²) in [4.78, 5) is 34.6. The van der Waals surface area contributed by atoms with E-state index in [4.69, 9.17) is 0 Å². The van der Waals surface area contributed by atoms with Crippen molar-refractivity contribution in [3.05, 3.63) is 129 Å². The van der Waals surface area contributed by atoms with Crippen molar-refractivity contribution in [2.24, 2.45) is 14.1 Å². The second-order valence-electron chi connectivity index (χ2n) is 9.68. The molecule has 0 unspecified atom stereocenters. The molecule has 2 N–H and O–H groups in total. The van der Waals surface area contributed by atoms with Crippen molar-refractivity contribution < 1.29 is 0 Å². The minimum absolute atomic E-state index is 0.0479. The van der Waals surface area contributed by atoms with E-state index in [1.807, 2.05) is 60.7 Å². The van der Waals surface area contributed by atoms with Crippen LogP contribution in [0.1, 0.15) is 11.6 Å². The quantitative estimate of drug-likeness (QED) is 0.301. The first kappa shape index (κ1) is 25.1. The van der Waals surface area contributed by atoms with E-state index in [1.54, 1.807) is 35.4 Å². The van der Waals surface area contributed by atoms with Crippen LogP contribution in [0.2, 0.25) is 0 Å². The number of aromatic nitrogens is 4. The van der Waals surface area contributed by atoms with Crippen molar-refractivity contribution >= 4 is 33.2 Å². The van der Waals surface area contributed by atoms with Crippen LogP contribution in [0.15, 0.2) is 107 Å². The van der Waals surface area contributed by atoms with Gasteiger partial charge in [-0.2, -0.15) is 0 Å². The van der Waals surface area contributed by atoms with E-state index in [1.165, 1.54) is 0 Å². The predicted octanol–water partition coefficient (Wildman–Crippen LogP) is 5.07. The minimum Gasteiger partial charge on any atom is -0.378 e. The maximum absolute atomic E-state index is 12.6. The number of hydrogen-bond acceptors (Lipinski definition) is 6. The molecular formula is C32H28N6O2. The van der Waals surface area contributed by atoms with Crippen molar-refractivity contribution in [3.63, 3.8) is 0 Å². The molecule has 2 aromatic heterocycles. The molecule has 0 atom stereocenters. The van der Waals surface area contributed by atoms with Crippen LogP contribution in [-0.2, 0) is 27.2 Å². The van der Waals surface area contributed by atoms with Gasteiger partial charge in [-0.25, -0.2) is 9.97 Å². The molecule has 2 heterocycles. The third-order valence-electron chi connectivity index (χ3n) is 7.16. The maximum Gasteiger partial charge on any atom is 0.261 e. The molecule has 0 radical (unpaired) electrons. The Kier molecular flexibility index (Phi) is 6.57. The van der Waals surface area contributed by atoms with Crippen LogP contribution < -0.4 is 21.8 Å². The van der Waals surface area contributed by atoms with E-state index < -0.39 is 0 Å². The molecule has 0 aliphatic rings. The number of rotatable bonds is 7. The zero-order valence-corrected chi connectivity index (χ0v) is 22.3. The molecule has 0 fully saturated rings. The smallest absolute Gasteiger partial charge is 0.261 e. The Balaban J connectivity index is 1.11. The highest BCUT2D eigenvalue weighted by atomic mass is 16.1. The van der Waals surface area contributed by atoms with E-state index >= 15 is 0 Å². The van der Waals surface area contributed by atoms with Crippen LogP contribution in [0.5, 0.6) is 0 Å². The first-order chi connectivity index (χ1) is 19.5. The second kappa shape index (κ2) is 10.5. The van der Waals surface area contributed by atoms with E-state index in [2.05, 4.69) is 44.9 Å². The van der Waals surface area contributed by atoms with Crippen LogP contribution in [0.3, 0.4) is 0 Å². The summed E-state index contributed by atoms with van der Waals surface area (Å²) >= 11 is 0. The molecule has 0 aliphatic heterocycles. The number of nitrogens with zero attached hydrogens (tertiary/aromatic N) is 4. The minimum atomic E-state index is -0.0479. The summed E-state index contributed by atoms with van der Waals surface area (Å²) in [5, 5.41) is 7.98. The lowest BCUT2D eigenvalue weighted by Gasteiger charge is -2.12. The molecule has 8 heteroatoms. The maximum atomic E-state index is 12.6. The summed E-state index contributed by atoms with van der Waals surface area (Å²) < 4.78 is 3.18. The number of hydrogen-bond donors (Lipinski definition) is 2. The first-order valence-corrected chi connectivity index (χ1v) is 13.1. The van der Waals surface area contributed by atoms with Crippen LogP contribution >= 0.6 is 0 Å². The fourth-order valence-electron chi connectivity index (χ4n) is 4.77. The van der Waals surface area contributed by atoms with Gasteiger partial charge in [0.1, 0.15) is 11.6 Å². The normalized spacial score (nSPS) is 11.2. The third-order valence-corrected chi connectivity index (χ3v) is 7.16. The predicted molar refractivity (Wildman–Crippen MR) is 160 cm³/mol. The van der Waals surface area contributed by atoms with E-state index in [0.29, 0.717) is 46.5 Å². The molecule has 6 rings (SSSR count). The highest BCUT2D eigenvalue weighted by Crippen LogP contribution is 2.24. The van der Waals surface area contributed by atoms with Gasteiger partial charge in [-0.1, -0.05) is 48.5 Å². The van der Waals surface area contributed by atoms with Crippen molar-refractivity contribution in [2.75, 3.05) is 10.6 Å². The van der Waals surface area contributed by atoms with Crippen LogP contribution in [0.4, 0.5) is 11.4 Å². The number of para-hydroxylation sites is 2. The number of fused-ring (bicyclic) bond motifs is 2. The van der Waals surface area contributed by atoms with Crippen LogP contribution in [0, 0.1) is 0 Å². The number of benzene rings is 4. The summed E-state index contributed by atoms with van der Waals surface area (Å²) in [6, 6.07) is 31.1. The van der Waals surface area contributed by atoms with Gasteiger partial charge in [0.2, 0.25) is 0 Å². The molecule has 0 bridgehead atoms. The van der Waals surface area contributed by atoms with E-state index in [9.17, 15) is 9.59 Å².